The van der Waals surface area contributed by atoms with Crippen LogP contribution in [0.4, 0.5) is 4.39 Å². The summed E-state index contributed by atoms with van der Waals surface area (Å²) in [5, 5.41) is 2.15. The van der Waals surface area contributed by atoms with Crippen molar-refractivity contribution in [1.82, 2.24) is 5.32 Å². The molecule has 0 saturated carbocycles. The lowest BCUT2D eigenvalue weighted by atomic mass is 10.1. The number of halogens is 2. The number of esters is 1. The second-order valence-electron chi connectivity index (χ2n) is 5.33. The molecule has 1 atom stereocenters. The number of ether oxygens (including phenoxy) is 1. The summed E-state index contributed by atoms with van der Waals surface area (Å²) in [6.45, 7) is 6.66. The lowest BCUT2D eigenvalue weighted by Crippen LogP contribution is -2.42. The van der Waals surface area contributed by atoms with E-state index in [1.54, 1.807) is 20.8 Å². The lowest BCUT2D eigenvalue weighted by Gasteiger charge is -2.22. The normalized spacial score (nSPS) is 12.7. The van der Waals surface area contributed by atoms with Crippen molar-refractivity contribution in [3.63, 3.8) is 0 Å². The number of hydrogen-bond donors (Lipinski definition) is 1. The van der Waals surface area contributed by atoms with E-state index in [4.69, 9.17) is 16.3 Å². The molecular formula is C14H17ClFNO3. The predicted molar refractivity (Wildman–Crippen MR) is 74.2 cm³/mol. The highest BCUT2D eigenvalue weighted by molar-refractivity contribution is 6.34. The molecule has 0 bridgehead atoms. The van der Waals surface area contributed by atoms with Crippen LogP contribution in [0.25, 0.3) is 0 Å². The Morgan fingerprint density at radius 3 is 2.50 bits per heavy atom. The maximum atomic E-state index is 13.3. The van der Waals surface area contributed by atoms with Gasteiger partial charge in [-0.1, -0.05) is 17.7 Å². The summed E-state index contributed by atoms with van der Waals surface area (Å²) < 4.78 is 18.4. The Hall–Kier alpha value is -1.62. The third kappa shape index (κ3) is 4.49. The number of amides is 1. The Bertz CT molecular complexity index is 526. The van der Waals surface area contributed by atoms with Gasteiger partial charge in [-0.25, -0.2) is 9.18 Å². The molecule has 0 heterocycles. The second kappa shape index (κ2) is 6.22. The molecule has 110 valence electrons. The number of carbonyl (C=O) groups is 2. The highest BCUT2D eigenvalue weighted by atomic mass is 35.5. The Labute approximate surface area is 122 Å². The van der Waals surface area contributed by atoms with Crippen LogP contribution in [-0.2, 0) is 9.53 Å². The van der Waals surface area contributed by atoms with E-state index in [0.717, 1.165) is 6.07 Å². The van der Waals surface area contributed by atoms with Crippen molar-refractivity contribution >= 4 is 23.5 Å². The second-order valence-corrected chi connectivity index (χ2v) is 5.71. The van der Waals surface area contributed by atoms with Crippen molar-refractivity contribution in [2.45, 2.75) is 39.3 Å². The molecule has 0 aliphatic rings. The average molecular weight is 302 g/mol. The first kappa shape index (κ1) is 16.4. The van der Waals surface area contributed by atoms with E-state index in [1.807, 2.05) is 0 Å². The molecule has 0 aliphatic heterocycles. The van der Waals surface area contributed by atoms with Gasteiger partial charge in [0.2, 0.25) is 0 Å². The van der Waals surface area contributed by atoms with Gasteiger partial charge in [-0.15, -0.1) is 0 Å². The third-order valence-corrected chi connectivity index (χ3v) is 2.69. The van der Waals surface area contributed by atoms with Crippen LogP contribution in [0.2, 0.25) is 5.02 Å². The summed E-state index contributed by atoms with van der Waals surface area (Å²) in [6.07, 6.45) is 0. The molecule has 1 rings (SSSR count). The fraction of sp³-hybridized carbons (Fsp3) is 0.429. The zero-order valence-corrected chi connectivity index (χ0v) is 12.5. The van der Waals surface area contributed by atoms with E-state index in [9.17, 15) is 14.0 Å². The van der Waals surface area contributed by atoms with E-state index in [1.165, 1.54) is 19.1 Å². The van der Waals surface area contributed by atoms with Crippen LogP contribution in [0.1, 0.15) is 38.1 Å². The Morgan fingerprint density at radius 2 is 1.95 bits per heavy atom. The van der Waals surface area contributed by atoms with Gasteiger partial charge in [-0.05, 0) is 39.8 Å². The Kier molecular flexibility index (Phi) is 5.11. The number of benzene rings is 1. The first-order valence-electron chi connectivity index (χ1n) is 6.09. The first-order valence-corrected chi connectivity index (χ1v) is 6.47. The zero-order chi connectivity index (χ0) is 15.5. The van der Waals surface area contributed by atoms with Crippen LogP contribution in [0, 0.1) is 5.82 Å². The van der Waals surface area contributed by atoms with Gasteiger partial charge in [0.25, 0.3) is 5.91 Å². The number of hydrogen-bond acceptors (Lipinski definition) is 3. The molecule has 0 unspecified atom stereocenters. The van der Waals surface area contributed by atoms with Gasteiger partial charge in [0.15, 0.2) is 0 Å². The number of rotatable bonds is 3. The van der Waals surface area contributed by atoms with Crippen LogP contribution in [0.3, 0.4) is 0 Å². The van der Waals surface area contributed by atoms with Crippen molar-refractivity contribution < 1.29 is 18.7 Å². The standard InChI is InChI=1S/C14H17ClFNO3/c1-8(13(19)20-14(2,3)4)17-12(18)9-6-5-7-10(16)11(9)15/h5-8H,1-4H3,(H,17,18)/t8-/m0/s1. The van der Waals surface area contributed by atoms with E-state index in [0.29, 0.717) is 0 Å². The summed E-state index contributed by atoms with van der Waals surface area (Å²) in [7, 11) is 0. The monoisotopic (exact) mass is 301 g/mol. The minimum Gasteiger partial charge on any atom is -0.458 e. The SMILES string of the molecule is C[C@H](NC(=O)c1cccc(F)c1Cl)C(=O)OC(C)(C)C. The van der Waals surface area contributed by atoms with Gasteiger partial charge in [0, 0.05) is 0 Å². The fourth-order valence-electron chi connectivity index (χ4n) is 1.40. The molecule has 0 fully saturated rings. The summed E-state index contributed by atoms with van der Waals surface area (Å²) in [5.41, 5.74) is -0.672. The van der Waals surface area contributed by atoms with Crippen LogP contribution >= 0.6 is 11.6 Å². The smallest absolute Gasteiger partial charge is 0.328 e. The fourth-order valence-corrected chi connectivity index (χ4v) is 1.61. The summed E-state index contributed by atoms with van der Waals surface area (Å²) in [6, 6.07) is 3.04. The van der Waals surface area contributed by atoms with Crippen molar-refractivity contribution in [1.29, 1.82) is 0 Å². The van der Waals surface area contributed by atoms with Crippen molar-refractivity contribution in [3.8, 4) is 0 Å². The van der Waals surface area contributed by atoms with E-state index in [2.05, 4.69) is 5.32 Å². The zero-order valence-electron chi connectivity index (χ0n) is 11.8. The topological polar surface area (TPSA) is 55.4 Å². The Balaban J connectivity index is 2.76. The molecule has 4 nitrogen and oxygen atoms in total. The van der Waals surface area contributed by atoms with Crippen molar-refractivity contribution in [3.05, 3.63) is 34.6 Å². The minimum absolute atomic E-state index is 0.0259. The van der Waals surface area contributed by atoms with Crippen LogP contribution in [-0.4, -0.2) is 23.5 Å². The van der Waals surface area contributed by atoms with Gasteiger partial charge < -0.3 is 10.1 Å². The summed E-state index contributed by atoms with van der Waals surface area (Å²) >= 11 is 5.71. The van der Waals surface area contributed by atoms with Gasteiger partial charge >= 0.3 is 5.97 Å². The molecule has 6 heteroatoms. The van der Waals surface area contributed by atoms with Crippen LogP contribution in [0.5, 0.6) is 0 Å². The molecule has 1 aromatic rings. The molecular weight excluding hydrogens is 285 g/mol. The highest BCUT2D eigenvalue weighted by Crippen LogP contribution is 2.19. The van der Waals surface area contributed by atoms with Crippen LogP contribution < -0.4 is 5.32 Å². The van der Waals surface area contributed by atoms with Crippen LogP contribution in [0.15, 0.2) is 18.2 Å². The molecule has 0 spiro atoms. The lowest BCUT2D eigenvalue weighted by molar-refractivity contribution is -0.156. The number of nitrogens with one attached hydrogen (secondary N) is 1. The van der Waals surface area contributed by atoms with E-state index < -0.39 is 29.3 Å². The minimum atomic E-state index is -0.860. The van der Waals surface area contributed by atoms with Gasteiger partial charge in [0.05, 0.1) is 10.6 Å². The first-order chi connectivity index (χ1) is 9.11. The maximum absolute atomic E-state index is 13.3. The summed E-state index contributed by atoms with van der Waals surface area (Å²) in [5.74, 6) is -1.89. The molecule has 1 aromatic carbocycles. The van der Waals surface area contributed by atoms with Gasteiger partial charge in [0.1, 0.15) is 17.5 Å². The molecule has 1 amide bonds. The third-order valence-electron chi connectivity index (χ3n) is 2.30. The number of carbonyl (C=O) groups excluding carboxylic acids is 2. The molecule has 0 radical (unpaired) electrons. The largest absolute Gasteiger partial charge is 0.458 e. The molecule has 0 aromatic heterocycles. The molecule has 1 N–H and O–H groups in total. The predicted octanol–water partition coefficient (Wildman–Crippen LogP) is 2.94. The van der Waals surface area contributed by atoms with Gasteiger partial charge in [-0.3, -0.25) is 4.79 Å². The quantitative estimate of drug-likeness (QED) is 0.873. The van der Waals surface area contributed by atoms with Crippen molar-refractivity contribution in [2.24, 2.45) is 0 Å². The van der Waals surface area contributed by atoms with Gasteiger partial charge in [-0.2, -0.15) is 0 Å². The average Bonchev–Trinajstić information content (AvgIpc) is 2.30. The maximum Gasteiger partial charge on any atom is 0.328 e. The van der Waals surface area contributed by atoms with E-state index in [-0.39, 0.29) is 10.6 Å². The molecule has 0 saturated heterocycles. The molecule has 0 aliphatic carbocycles. The van der Waals surface area contributed by atoms with E-state index >= 15 is 0 Å². The molecule has 20 heavy (non-hydrogen) atoms. The summed E-state index contributed by atoms with van der Waals surface area (Å²) in [4.78, 5) is 23.7. The van der Waals surface area contributed by atoms with Crippen molar-refractivity contribution in [2.75, 3.05) is 0 Å². The highest BCUT2D eigenvalue weighted by Gasteiger charge is 2.24. The Morgan fingerprint density at radius 1 is 1.35 bits per heavy atom.